The van der Waals surface area contributed by atoms with Crippen LogP contribution in [0.25, 0.3) is 0 Å². The molecule has 3 rings (SSSR count). The van der Waals surface area contributed by atoms with Crippen LogP contribution in [0.5, 0.6) is 0 Å². The SMILES string of the molecule is O=C(Nc1ccc(CC(=O)N2CCCC2)cc1)Nc1ccccc1F. The number of amides is 3. The van der Waals surface area contributed by atoms with Crippen molar-refractivity contribution in [1.29, 1.82) is 0 Å². The van der Waals surface area contributed by atoms with Gasteiger partial charge in [-0.05, 0) is 42.7 Å². The first-order valence-corrected chi connectivity index (χ1v) is 8.31. The molecule has 0 atom stereocenters. The lowest BCUT2D eigenvalue weighted by Crippen LogP contribution is -2.29. The van der Waals surface area contributed by atoms with Crippen LogP contribution in [0.3, 0.4) is 0 Å². The molecular weight excluding hydrogens is 321 g/mol. The molecule has 2 aromatic rings. The van der Waals surface area contributed by atoms with Crippen LogP contribution in [0.4, 0.5) is 20.6 Å². The fourth-order valence-corrected chi connectivity index (χ4v) is 2.81. The summed E-state index contributed by atoms with van der Waals surface area (Å²) in [5.41, 5.74) is 1.59. The minimum atomic E-state index is -0.522. The summed E-state index contributed by atoms with van der Waals surface area (Å²) in [5, 5.41) is 5.10. The second-order valence-corrected chi connectivity index (χ2v) is 6.02. The minimum Gasteiger partial charge on any atom is -0.342 e. The average molecular weight is 341 g/mol. The van der Waals surface area contributed by atoms with Crippen molar-refractivity contribution in [2.45, 2.75) is 19.3 Å². The van der Waals surface area contributed by atoms with Crippen molar-refractivity contribution in [3.05, 3.63) is 59.9 Å². The number of carbonyl (C=O) groups excluding carboxylic acids is 2. The number of anilines is 2. The molecule has 25 heavy (non-hydrogen) atoms. The van der Waals surface area contributed by atoms with E-state index in [9.17, 15) is 14.0 Å². The van der Waals surface area contributed by atoms with Crippen molar-refractivity contribution in [3.63, 3.8) is 0 Å². The van der Waals surface area contributed by atoms with Gasteiger partial charge in [0, 0.05) is 18.8 Å². The predicted octanol–water partition coefficient (Wildman–Crippen LogP) is 3.63. The Hall–Kier alpha value is -2.89. The fourth-order valence-electron chi connectivity index (χ4n) is 2.81. The molecule has 1 heterocycles. The third-order valence-corrected chi connectivity index (χ3v) is 4.15. The lowest BCUT2D eigenvalue weighted by atomic mass is 10.1. The van der Waals surface area contributed by atoms with Gasteiger partial charge in [-0.3, -0.25) is 4.79 Å². The maximum atomic E-state index is 13.5. The van der Waals surface area contributed by atoms with E-state index in [4.69, 9.17) is 0 Å². The summed E-state index contributed by atoms with van der Waals surface area (Å²) >= 11 is 0. The highest BCUT2D eigenvalue weighted by molar-refractivity contribution is 5.99. The number of halogens is 1. The van der Waals surface area contributed by atoms with E-state index in [1.54, 1.807) is 24.3 Å². The number of para-hydroxylation sites is 1. The Balaban J connectivity index is 1.54. The van der Waals surface area contributed by atoms with Gasteiger partial charge in [0.1, 0.15) is 5.82 Å². The Morgan fingerprint density at radius 2 is 1.64 bits per heavy atom. The van der Waals surface area contributed by atoms with Crippen LogP contribution in [0.15, 0.2) is 48.5 Å². The Morgan fingerprint density at radius 3 is 2.32 bits per heavy atom. The molecule has 2 N–H and O–H groups in total. The van der Waals surface area contributed by atoms with Crippen molar-refractivity contribution in [3.8, 4) is 0 Å². The number of nitrogens with one attached hydrogen (secondary N) is 2. The van der Waals surface area contributed by atoms with Crippen molar-refractivity contribution in [2.24, 2.45) is 0 Å². The maximum Gasteiger partial charge on any atom is 0.323 e. The largest absolute Gasteiger partial charge is 0.342 e. The molecule has 0 spiro atoms. The van der Waals surface area contributed by atoms with Gasteiger partial charge in [-0.1, -0.05) is 24.3 Å². The van der Waals surface area contributed by atoms with Crippen LogP contribution >= 0.6 is 0 Å². The second-order valence-electron chi connectivity index (χ2n) is 6.02. The van der Waals surface area contributed by atoms with E-state index in [0.717, 1.165) is 31.5 Å². The molecule has 1 saturated heterocycles. The van der Waals surface area contributed by atoms with Gasteiger partial charge in [0.2, 0.25) is 5.91 Å². The highest BCUT2D eigenvalue weighted by Gasteiger charge is 2.17. The molecule has 0 radical (unpaired) electrons. The van der Waals surface area contributed by atoms with E-state index in [2.05, 4.69) is 10.6 Å². The number of likely N-dealkylation sites (tertiary alicyclic amines) is 1. The highest BCUT2D eigenvalue weighted by Crippen LogP contribution is 2.15. The Bertz CT molecular complexity index is 756. The van der Waals surface area contributed by atoms with Crippen LogP contribution < -0.4 is 10.6 Å². The molecule has 5 nitrogen and oxygen atoms in total. The number of benzene rings is 2. The molecule has 2 aromatic carbocycles. The van der Waals surface area contributed by atoms with Crippen molar-refractivity contribution in [2.75, 3.05) is 23.7 Å². The molecule has 6 heteroatoms. The van der Waals surface area contributed by atoms with E-state index < -0.39 is 11.8 Å². The van der Waals surface area contributed by atoms with Gasteiger partial charge in [0.25, 0.3) is 0 Å². The first kappa shape index (κ1) is 17.0. The summed E-state index contributed by atoms with van der Waals surface area (Å²) in [4.78, 5) is 25.9. The molecule has 0 saturated carbocycles. The molecule has 0 aromatic heterocycles. The van der Waals surface area contributed by atoms with E-state index in [-0.39, 0.29) is 11.6 Å². The third kappa shape index (κ3) is 4.56. The first-order valence-electron chi connectivity index (χ1n) is 8.31. The fraction of sp³-hybridized carbons (Fsp3) is 0.263. The minimum absolute atomic E-state index is 0.118. The summed E-state index contributed by atoms with van der Waals surface area (Å²) in [6.45, 7) is 1.68. The maximum absolute atomic E-state index is 13.5. The number of carbonyl (C=O) groups is 2. The number of hydrogen-bond acceptors (Lipinski definition) is 2. The van der Waals surface area contributed by atoms with E-state index >= 15 is 0 Å². The molecular formula is C19H20FN3O2. The van der Waals surface area contributed by atoms with Gasteiger partial charge < -0.3 is 15.5 Å². The number of hydrogen-bond donors (Lipinski definition) is 2. The summed E-state index contributed by atoms with van der Waals surface area (Å²) in [7, 11) is 0. The van der Waals surface area contributed by atoms with Crippen LogP contribution in [-0.2, 0) is 11.2 Å². The van der Waals surface area contributed by atoms with Gasteiger partial charge in [-0.2, -0.15) is 0 Å². The van der Waals surface area contributed by atoms with Gasteiger partial charge in [0.05, 0.1) is 12.1 Å². The van der Waals surface area contributed by atoms with E-state index in [0.29, 0.717) is 12.1 Å². The van der Waals surface area contributed by atoms with Crippen LogP contribution in [0, 0.1) is 5.82 Å². The van der Waals surface area contributed by atoms with E-state index in [1.165, 1.54) is 12.1 Å². The summed E-state index contributed by atoms with van der Waals surface area (Å²) < 4.78 is 13.5. The van der Waals surface area contributed by atoms with E-state index in [1.807, 2.05) is 17.0 Å². The molecule has 0 aliphatic carbocycles. The standard InChI is InChI=1S/C19H20FN3O2/c20-16-5-1-2-6-17(16)22-19(25)21-15-9-7-14(8-10-15)13-18(24)23-11-3-4-12-23/h1-2,5-10H,3-4,11-13H2,(H2,21,22,25). The molecule has 0 bridgehead atoms. The Morgan fingerprint density at radius 1 is 0.960 bits per heavy atom. The quantitative estimate of drug-likeness (QED) is 0.892. The molecule has 130 valence electrons. The second kappa shape index (κ2) is 7.79. The zero-order valence-corrected chi connectivity index (χ0v) is 13.8. The monoisotopic (exact) mass is 341 g/mol. The lowest BCUT2D eigenvalue weighted by molar-refractivity contribution is -0.129. The zero-order chi connectivity index (χ0) is 17.6. The first-order chi connectivity index (χ1) is 12.1. The predicted molar refractivity (Wildman–Crippen MR) is 95.0 cm³/mol. The van der Waals surface area contributed by atoms with Crippen molar-refractivity contribution >= 4 is 23.3 Å². The topological polar surface area (TPSA) is 61.4 Å². The number of rotatable bonds is 4. The van der Waals surface area contributed by atoms with Crippen LogP contribution in [0.1, 0.15) is 18.4 Å². The number of nitrogens with zero attached hydrogens (tertiary/aromatic N) is 1. The van der Waals surface area contributed by atoms with Gasteiger partial charge in [-0.15, -0.1) is 0 Å². The van der Waals surface area contributed by atoms with Gasteiger partial charge in [0.15, 0.2) is 0 Å². The molecule has 0 unspecified atom stereocenters. The van der Waals surface area contributed by atoms with Crippen LogP contribution in [0.2, 0.25) is 0 Å². The Labute approximate surface area is 145 Å². The summed E-state index contributed by atoms with van der Waals surface area (Å²) in [6, 6.07) is 12.5. The molecule has 3 amide bonds. The van der Waals surface area contributed by atoms with Crippen LogP contribution in [-0.4, -0.2) is 29.9 Å². The molecule has 1 aliphatic heterocycles. The Kier molecular flexibility index (Phi) is 5.28. The third-order valence-electron chi connectivity index (χ3n) is 4.15. The normalized spacial score (nSPS) is 13.6. The molecule has 1 fully saturated rings. The smallest absolute Gasteiger partial charge is 0.323 e. The summed E-state index contributed by atoms with van der Waals surface area (Å²) in [6.07, 6.45) is 2.51. The van der Waals surface area contributed by atoms with Crippen molar-refractivity contribution in [1.82, 2.24) is 4.90 Å². The average Bonchev–Trinajstić information content (AvgIpc) is 3.13. The highest BCUT2D eigenvalue weighted by atomic mass is 19.1. The lowest BCUT2D eigenvalue weighted by Gasteiger charge is -2.15. The molecule has 1 aliphatic rings. The zero-order valence-electron chi connectivity index (χ0n) is 13.8. The van der Waals surface area contributed by atoms with Gasteiger partial charge >= 0.3 is 6.03 Å². The summed E-state index contributed by atoms with van der Waals surface area (Å²) in [5.74, 6) is -0.357. The number of urea groups is 1. The van der Waals surface area contributed by atoms with Crippen molar-refractivity contribution < 1.29 is 14.0 Å². The van der Waals surface area contributed by atoms with Gasteiger partial charge in [-0.25, -0.2) is 9.18 Å².